The molecule has 1 fully saturated rings. The standard InChI is InChI=1S/C10H15N3.ClH/c11-9(7-3-1-4-7)8-5-2-6-13-10(8)12;/h2,5-7,9H,1,3-4,11H2,(H2,12,13);1H/t9-;/m1./s1. The largest absolute Gasteiger partial charge is 0.383 e. The summed E-state index contributed by atoms with van der Waals surface area (Å²) in [6.07, 6.45) is 5.47. The summed E-state index contributed by atoms with van der Waals surface area (Å²) in [5.74, 6) is 1.20. The lowest BCUT2D eigenvalue weighted by Gasteiger charge is -2.31. The van der Waals surface area contributed by atoms with E-state index in [4.69, 9.17) is 11.5 Å². The molecule has 4 heteroatoms. The summed E-state index contributed by atoms with van der Waals surface area (Å²) in [5, 5.41) is 0. The van der Waals surface area contributed by atoms with Gasteiger partial charge < -0.3 is 11.5 Å². The van der Waals surface area contributed by atoms with Gasteiger partial charge in [-0.3, -0.25) is 0 Å². The van der Waals surface area contributed by atoms with Gasteiger partial charge in [0.25, 0.3) is 0 Å². The van der Waals surface area contributed by atoms with Crippen LogP contribution in [-0.4, -0.2) is 4.98 Å². The normalized spacial score (nSPS) is 18.1. The van der Waals surface area contributed by atoms with Crippen LogP contribution in [0.4, 0.5) is 5.82 Å². The van der Waals surface area contributed by atoms with Crippen LogP contribution >= 0.6 is 12.4 Å². The lowest BCUT2D eigenvalue weighted by molar-refractivity contribution is 0.264. The van der Waals surface area contributed by atoms with Crippen molar-refractivity contribution in [3.05, 3.63) is 23.9 Å². The van der Waals surface area contributed by atoms with Crippen molar-refractivity contribution in [2.75, 3.05) is 5.73 Å². The molecule has 1 heterocycles. The zero-order valence-electron chi connectivity index (χ0n) is 8.02. The number of pyridine rings is 1. The molecule has 0 spiro atoms. The fourth-order valence-corrected chi connectivity index (χ4v) is 1.76. The molecule has 0 saturated heterocycles. The van der Waals surface area contributed by atoms with Crippen molar-refractivity contribution in [3.63, 3.8) is 0 Å². The van der Waals surface area contributed by atoms with E-state index < -0.39 is 0 Å². The van der Waals surface area contributed by atoms with Crippen LogP contribution in [0.1, 0.15) is 30.9 Å². The van der Waals surface area contributed by atoms with Gasteiger partial charge >= 0.3 is 0 Å². The molecule has 4 N–H and O–H groups in total. The van der Waals surface area contributed by atoms with Crippen LogP contribution in [0.15, 0.2) is 18.3 Å². The van der Waals surface area contributed by atoms with Gasteiger partial charge in [0.2, 0.25) is 0 Å². The molecule has 0 aromatic carbocycles. The molecule has 3 nitrogen and oxygen atoms in total. The second-order valence-corrected chi connectivity index (χ2v) is 3.69. The molecule has 0 unspecified atom stereocenters. The highest BCUT2D eigenvalue weighted by molar-refractivity contribution is 5.85. The van der Waals surface area contributed by atoms with Crippen molar-refractivity contribution in [3.8, 4) is 0 Å². The first-order valence-corrected chi connectivity index (χ1v) is 4.75. The Morgan fingerprint density at radius 3 is 2.64 bits per heavy atom. The molecule has 1 saturated carbocycles. The molecular formula is C10H16ClN3. The molecule has 1 atom stereocenters. The van der Waals surface area contributed by atoms with Crippen molar-refractivity contribution in [1.82, 2.24) is 4.98 Å². The highest BCUT2D eigenvalue weighted by Gasteiger charge is 2.26. The number of nitrogens with zero attached hydrogens (tertiary/aromatic N) is 1. The van der Waals surface area contributed by atoms with E-state index in [9.17, 15) is 0 Å². The first-order valence-electron chi connectivity index (χ1n) is 4.75. The number of hydrogen-bond donors (Lipinski definition) is 2. The van der Waals surface area contributed by atoms with E-state index in [1.54, 1.807) is 6.20 Å². The topological polar surface area (TPSA) is 64.9 Å². The van der Waals surface area contributed by atoms with E-state index in [-0.39, 0.29) is 18.4 Å². The van der Waals surface area contributed by atoms with Crippen molar-refractivity contribution < 1.29 is 0 Å². The minimum absolute atomic E-state index is 0. The van der Waals surface area contributed by atoms with Gasteiger partial charge in [-0.1, -0.05) is 12.5 Å². The summed E-state index contributed by atoms with van der Waals surface area (Å²) in [5.41, 5.74) is 12.8. The van der Waals surface area contributed by atoms with Gasteiger partial charge in [-0.15, -0.1) is 12.4 Å². The van der Waals surface area contributed by atoms with Gasteiger partial charge in [-0.05, 0) is 24.8 Å². The second kappa shape index (κ2) is 4.62. The van der Waals surface area contributed by atoms with E-state index >= 15 is 0 Å². The van der Waals surface area contributed by atoms with Crippen LogP contribution < -0.4 is 11.5 Å². The molecule has 78 valence electrons. The number of nitrogen functional groups attached to an aromatic ring is 1. The monoisotopic (exact) mass is 213 g/mol. The van der Waals surface area contributed by atoms with E-state index in [1.165, 1.54) is 19.3 Å². The van der Waals surface area contributed by atoms with Crippen molar-refractivity contribution in [1.29, 1.82) is 0 Å². The fraction of sp³-hybridized carbons (Fsp3) is 0.500. The number of aromatic nitrogens is 1. The van der Waals surface area contributed by atoms with Gasteiger partial charge in [-0.25, -0.2) is 4.98 Å². The average molecular weight is 214 g/mol. The first kappa shape index (κ1) is 11.3. The minimum Gasteiger partial charge on any atom is -0.383 e. The van der Waals surface area contributed by atoms with Crippen LogP contribution in [0.25, 0.3) is 0 Å². The molecule has 1 aromatic heterocycles. The molecule has 1 aliphatic rings. The predicted octanol–water partition coefficient (Wildman–Crippen LogP) is 1.89. The van der Waals surface area contributed by atoms with Gasteiger partial charge in [-0.2, -0.15) is 0 Å². The van der Waals surface area contributed by atoms with Crippen LogP contribution in [0.3, 0.4) is 0 Å². The maximum atomic E-state index is 6.08. The summed E-state index contributed by atoms with van der Waals surface area (Å²) in [4.78, 5) is 4.04. The Kier molecular flexibility index (Phi) is 3.72. The summed E-state index contributed by atoms with van der Waals surface area (Å²) in [7, 11) is 0. The highest BCUT2D eigenvalue weighted by atomic mass is 35.5. The molecule has 14 heavy (non-hydrogen) atoms. The molecule has 0 amide bonds. The Morgan fingerprint density at radius 2 is 2.14 bits per heavy atom. The zero-order chi connectivity index (χ0) is 9.26. The van der Waals surface area contributed by atoms with Crippen molar-refractivity contribution in [2.45, 2.75) is 25.3 Å². The van der Waals surface area contributed by atoms with Gasteiger partial charge in [0.05, 0.1) is 0 Å². The van der Waals surface area contributed by atoms with E-state index in [1.807, 2.05) is 12.1 Å². The SMILES string of the molecule is Cl.Nc1ncccc1[C@H](N)C1CCC1. The maximum Gasteiger partial charge on any atom is 0.128 e. The third-order valence-electron chi connectivity index (χ3n) is 2.89. The Labute approximate surface area is 90.3 Å². The number of halogens is 1. The van der Waals surface area contributed by atoms with Crippen LogP contribution in [0.2, 0.25) is 0 Å². The third-order valence-corrected chi connectivity index (χ3v) is 2.89. The lowest BCUT2D eigenvalue weighted by Crippen LogP contribution is -2.27. The van der Waals surface area contributed by atoms with Gasteiger partial charge in [0, 0.05) is 17.8 Å². The van der Waals surface area contributed by atoms with E-state index in [2.05, 4.69) is 4.98 Å². The quantitative estimate of drug-likeness (QED) is 0.789. The zero-order valence-corrected chi connectivity index (χ0v) is 8.83. The molecule has 0 aliphatic heterocycles. The number of anilines is 1. The van der Waals surface area contributed by atoms with Crippen LogP contribution in [-0.2, 0) is 0 Å². The smallest absolute Gasteiger partial charge is 0.128 e. The van der Waals surface area contributed by atoms with Crippen LogP contribution in [0, 0.1) is 5.92 Å². The molecular weight excluding hydrogens is 198 g/mol. The minimum atomic E-state index is 0. The van der Waals surface area contributed by atoms with E-state index in [0.29, 0.717) is 11.7 Å². The summed E-state index contributed by atoms with van der Waals surface area (Å²) in [6, 6.07) is 3.96. The molecule has 2 rings (SSSR count). The Morgan fingerprint density at radius 1 is 1.43 bits per heavy atom. The van der Waals surface area contributed by atoms with Gasteiger partial charge in [0.1, 0.15) is 5.82 Å². The molecule has 0 bridgehead atoms. The molecule has 1 aromatic rings. The summed E-state index contributed by atoms with van der Waals surface area (Å²) in [6.45, 7) is 0. The third kappa shape index (κ3) is 1.99. The number of hydrogen-bond acceptors (Lipinski definition) is 3. The van der Waals surface area contributed by atoms with Crippen molar-refractivity contribution in [2.24, 2.45) is 11.7 Å². The summed E-state index contributed by atoms with van der Waals surface area (Å²) >= 11 is 0. The van der Waals surface area contributed by atoms with Gasteiger partial charge in [0.15, 0.2) is 0 Å². The molecule has 1 aliphatic carbocycles. The van der Waals surface area contributed by atoms with Crippen molar-refractivity contribution >= 4 is 18.2 Å². The first-order chi connectivity index (χ1) is 6.29. The maximum absolute atomic E-state index is 6.08. The highest BCUT2D eigenvalue weighted by Crippen LogP contribution is 2.37. The summed E-state index contributed by atoms with van der Waals surface area (Å²) < 4.78 is 0. The average Bonchev–Trinajstić information content (AvgIpc) is 2.01. The Balaban J connectivity index is 0.000000980. The lowest BCUT2D eigenvalue weighted by atomic mass is 9.78. The Bertz CT molecular complexity index is 299. The number of rotatable bonds is 2. The fourth-order valence-electron chi connectivity index (χ4n) is 1.76. The van der Waals surface area contributed by atoms with E-state index in [0.717, 1.165) is 5.56 Å². The van der Waals surface area contributed by atoms with Crippen LogP contribution in [0.5, 0.6) is 0 Å². The molecule has 0 radical (unpaired) electrons. The second-order valence-electron chi connectivity index (χ2n) is 3.69. The number of nitrogens with two attached hydrogens (primary N) is 2. The predicted molar refractivity (Wildman–Crippen MR) is 60.2 cm³/mol. The Hall–Kier alpha value is -0.800.